The highest BCUT2D eigenvalue weighted by molar-refractivity contribution is 5.46. The molecule has 16 heavy (non-hydrogen) atoms. The highest BCUT2D eigenvalue weighted by Crippen LogP contribution is 2.18. The number of rotatable bonds is 3. The van der Waals surface area contributed by atoms with Gasteiger partial charge in [0.2, 0.25) is 0 Å². The summed E-state index contributed by atoms with van der Waals surface area (Å²) in [4.78, 5) is 2.19. The van der Waals surface area contributed by atoms with Crippen LogP contribution in [0.15, 0.2) is 34.9 Å². The molecule has 0 unspecified atom stereocenters. The molecule has 0 spiro atoms. The molecule has 0 amide bonds. The Morgan fingerprint density at radius 2 is 1.88 bits per heavy atom. The van der Waals surface area contributed by atoms with E-state index in [2.05, 4.69) is 29.2 Å². The van der Waals surface area contributed by atoms with Crippen molar-refractivity contribution in [3.63, 3.8) is 0 Å². The number of benzene rings is 1. The van der Waals surface area contributed by atoms with Gasteiger partial charge in [-0.05, 0) is 26.0 Å². The molecular weight excluding hydrogens is 200 g/mol. The summed E-state index contributed by atoms with van der Waals surface area (Å²) in [6.07, 6.45) is 0. The summed E-state index contributed by atoms with van der Waals surface area (Å²) in [5.41, 5.74) is 3.34. The second-order valence-electron chi connectivity index (χ2n) is 3.99. The van der Waals surface area contributed by atoms with Gasteiger partial charge in [0.1, 0.15) is 5.76 Å². The molecule has 2 aromatic rings. The van der Waals surface area contributed by atoms with Gasteiger partial charge in [0.05, 0.1) is 5.69 Å². The lowest BCUT2D eigenvalue weighted by molar-refractivity contribution is 0.392. The number of hydrogen-bond acceptors (Lipinski definition) is 3. The van der Waals surface area contributed by atoms with E-state index in [4.69, 9.17) is 4.52 Å². The molecule has 1 aromatic carbocycles. The van der Waals surface area contributed by atoms with Crippen molar-refractivity contribution in [3.05, 3.63) is 47.3 Å². The van der Waals surface area contributed by atoms with Crippen molar-refractivity contribution in [1.29, 1.82) is 0 Å². The minimum atomic E-state index is 0.825. The Labute approximate surface area is 95.7 Å². The summed E-state index contributed by atoms with van der Waals surface area (Å²) < 4.78 is 5.16. The van der Waals surface area contributed by atoms with Gasteiger partial charge in [0.25, 0.3) is 0 Å². The van der Waals surface area contributed by atoms with Crippen LogP contribution in [0.3, 0.4) is 0 Å². The monoisotopic (exact) mass is 216 g/mol. The smallest absolute Gasteiger partial charge is 0.138 e. The summed E-state index contributed by atoms with van der Waals surface area (Å²) >= 11 is 0. The largest absolute Gasteiger partial charge is 0.370 e. The molecule has 1 heterocycles. The van der Waals surface area contributed by atoms with Crippen molar-refractivity contribution in [2.24, 2.45) is 0 Å². The normalized spacial score (nSPS) is 10.4. The molecular formula is C13H16N2O. The molecule has 84 valence electrons. The summed E-state index contributed by atoms with van der Waals surface area (Å²) in [5, 5.41) is 3.96. The number of aryl methyl sites for hydroxylation is 2. The summed E-state index contributed by atoms with van der Waals surface area (Å²) in [7, 11) is 2.07. The topological polar surface area (TPSA) is 29.3 Å². The van der Waals surface area contributed by atoms with Crippen molar-refractivity contribution in [1.82, 2.24) is 5.16 Å². The van der Waals surface area contributed by atoms with Crippen molar-refractivity contribution in [2.75, 3.05) is 11.9 Å². The van der Waals surface area contributed by atoms with Gasteiger partial charge in [0.15, 0.2) is 0 Å². The van der Waals surface area contributed by atoms with Gasteiger partial charge < -0.3 is 9.42 Å². The lowest BCUT2D eigenvalue weighted by atomic mass is 10.2. The minimum Gasteiger partial charge on any atom is -0.370 e. The van der Waals surface area contributed by atoms with E-state index >= 15 is 0 Å². The summed E-state index contributed by atoms with van der Waals surface area (Å²) in [6.45, 7) is 4.75. The van der Waals surface area contributed by atoms with E-state index in [0.717, 1.165) is 18.0 Å². The zero-order valence-electron chi connectivity index (χ0n) is 9.90. The van der Waals surface area contributed by atoms with Gasteiger partial charge in [-0.15, -0.1) is 0 Å². The first kappa shape index (κ1) is 10.7. The van der Waals surface area contributed by atoms with E-state index < -0.39 is 0 Å². The van der Waals surface area contributed by atoms with Gasteiger partial charge in [-0.1, -0.05) is 23.4 Å². The Balaban J connectivity index is 2.17. The predicted octanol–water partition coefficient (Wildman–Crippen LogP) is 2.93. The van der Waals surface area contributed by atoms with Crippen LogP contribution in [0.4, 0.5) is 5.69 Å². The predicted molar refractivity (Wildman–Crippen MR) is 64.5 cm³/mol. The Kier molecular flexibility index (Phi) is 2.95. The molecule has 0 bridgehead atoms. The Morgan fingerprint density at radius 1 is 1.19 bits per heavy atom. The fourth-order valence-corrected chi connectivity index (χ4v) is 1.74. The number of aromatic nitrogens is 1. The van der Waals surface area contributed by atoms with Crippen LogP contribution in [0.25, 0.3) is 0 Å². The molecule has 0 aliphatic carbocycles. The third-order valence-electron chi connectivity index (χ3n) is 2.77. The van der Waals surface area contributed by atoms with Crippen LogP contribution in [0.5, 0.6) is 0 Å². The molecule has 0 aliphatic rings. The third kappa shape index (κ3) is 2.08. The second-order valence-corrected chi connectivity index (χ2v) is 3.99. The molecule has 0 fully saturated rings. The molecule has 0 radical (unpaired) electrons. The zero-order chi connectivity index (χ0) is 11.5. The van der Waals surface area contributed by atoms with Crippen LogP contribution in [-0.2, 0) is 6.54 Å². The number of para-hydroxylation sites is 1. The van der Waals surface area contributed by atoms with E-state index in [1.54, 1.807) is 0 Å². The fraction of sp³-hybridized carbons (Fsp3) is 0.308. The molecule has 2 rings (SSSR count). The van der Waals surface area contributed by atoms with Crippen LogP contribution in [0, 0.1) is 13.8 Å². The molecule has 0 N–H and O–H groups in total. The molecule has 0 atom stereocenters. The maximum absolute atomic E-state index is 5.16. The fourth-order valence-electron chi connectivity index (χ4n) is 1.74. The van der Waals surface area contributed by atoms with Crippen LogP contribution < -0.4 is 4.90 Å². The van der Waals surface area contributed by atoms with Crippen molar-refractivity contribution in [3.8, 4) is 0 Å². The van der Waals surface area contributed by atoms with E-state index in [1.165, 1.54) is 11.3 Å². The van der Waals surface area contributed by atoms with Crippen LogP contribution >= 0.6 is 0 Å². The number of hydrogen-bond donors (Lipinski definition) is 0. The first-order valence-corrected chi connectivity index (χ1v) is 5.36. The first-order chi connectivity index (χ1) is 7.68. The van der Waals surface area contributed by atoms with E-state index in [1.807, 2.05) is 32.0 Å². The lowest BCUT2D eigenvalue weighted by Gasteiger charge is -2.18. The van der Waals surface area contributed by atoms with Crippen LogP contribution in [-0.4, -0.2) is 12.2 Å². The van der Waals surface area contributed by atoms with Gasteiger partial charge in [-0.3, -0.25) is 0 Å². The number of anilines is 1. The van der Waals surface area contributed by atoms with Crippen LogP contribution in [0.2, 0.25) is 0 Å². The van der Waals surface area contributed by atoms with Crippen molar-refractivity contribution in [2.45, 2.75) is 20.4 Å². The average molecular weight is 216 g/mol. The van der Waals surface area contributed by atoms with Gasteiger partial charge in [-0.2, -0.15) is 0 Å². The van der Waals surface area contributed by atoms with E-state index in [9.17, 15) is 0 Å². The highest BCUT2D eigenvalue weighted by atomic mass is 16.5. The quantitative estimate of drug-likeness (QED) is 0.790. The second kappa shape index (κ2) is 4.39. The first-order valence-electron chi connectivity index (χ1n) is 5.36. The lowest BCUT2D eigenvalue weighted by Crippen LogP contribution is -2.16. The molecule has 3 nitrogen and oxygen atoms in total. The molecule has 0 saturated carbocycles. The average Bonchev–Trinajstić information content (AvgIpc) is 2.62. The molecule has 0 saturated heterocycles. The maximum Gasteiger partial charge on any atom is 0.138 e. The van der Waals surface area contributed by atoms with Crippen molar-refractivity contribution >= 4 is 5.69 Å². The SMILES string of the molecule is Cc1noc(C)c1CN(C)c1ccccc1. The maximum atomic E-state index is 5.16. The summed E-state index contributed by atoms with van der Waals surface area (Å²) in [6, 6.07) is 10.3. The zero-order valence-corrected chi connectivity index (χ0v) is 9.90. The Morgan fingerprint density at radius 3 is 2.44 bits per heavy atom. The molecule has 0 aliphatic heterocycles. The summed E-state index contributed by atoms with van der Waals surface area (Å²) in [5.74, 6) is 0.903. The number of nitrogens with zero attached hydrogens (tertiary/aromatic N) is 2. The Hall–Kier alpha value is -1.77. The molecule has 3 heteroatoms. The molecule has 1 aromatic heterocycles. The Bertz CT molecular complexity index is 443. The van der Waals surface area contributed by atoms with Gasteiger partial charge >= 0.3 is 0 Å². The minimum absolute atomic E-state index is 0.825. The third-order valence-corrected chi connectivity index (χ3v) is 2.77. The van der Waals surface area contributed by atoms with Crippen molar-refractivity contribution < 1.29 is 4.52 Å². The van der Waals surface area contributed by atoms with Gasteiger partial charge in [-0.25, -0.2) is 0 Å². The van der Waals surface area contributed by atoms with E-state index in [-0.39, 0.29) is 0 Å². The standard InChI is InChI=1S/C13H16N2O/c1-10-13(11(2)16-14-10)9-15(3)12-7-5-4-6-8-12/h4-8H,9H2,1-3H3. The highest BCUT2D eigenvalue weighted by Gasteiger charge is 2.11. The van der Waals surface area contributed by atoms with E-state index in [0.29, 0.717) is 0 Å². The van der Waals surface area contributed by atoms with Gasteiger partial charge in [0, 0.05) is 24.8 Å². The van der Waals surface area contributed by atoms with Crippen LogP contribution in [0.1, 0.15) is 17.0 Å².